The number of fused-ring (bicyclic) bond motifs is 2. The van der Waals surface area contributed by atoms with Crippen LogP contribution in [-0.4, -0.2) is 63.8 Å². The number of hydrogen-bond acceptors (Lipinski definition) is 6. The van der Waals surface area contributed by atoms with Gasteiger partial charge < -0.3 is 9.47 Å². The summed E-state index contributed by atoms with van der Waals surface area (Å²) < 4.78 is 7.34. The number of hydrogen-bond donors (Lipinski definition) is 0. The van der Waals surface area contributed by atoms with Crippen LogP contribution < -0.4 is 5.69 Å². The van der Waals surface area contributed by atoms with Gasteiger partial charge in [0.2, 0.25) is 0 Å². The van der Waals surface area contributed by atoms with E-state index in [9.17, 15) is 9.59 Å². The molecule has 1 amide bonds. The Hall–Kier alpha value is -5.06. The van der Waals surface area contributed by atoms with Gasteiger partial charge in [0, 0.05) is 26.2 Å². The number of rotatable bonds is 8. The summed E-state index contributed by atoms with van der Waals surface area (Å²) in [5, 5.41) is 11.4. The molecule has 0 fully saturated rings. The second-order valence-electron chi connectivity index (χ2n) is 9.58. The minimum Gasteiger partial charge on any atom is -0.345 e. The number of aromatic nitrogens is 8. The van der Waals surface area contributed by atoms with Crippen LogP contribution in [0.4, 0.5) is 0 Å². The fourth-order valence-corrected chi connectivity index (χ4v) is 4.89. The number of nitrogens with zero attached hydrogens (tertiary/aromatic N) is 9. The Morgan fingerprint density at radius 1 is 0.795 bits per heavy atom. The van der Waals surface area contributed by atoms with E-state index in [1.165, 1.54) is 0 Å². The van der Waals surface area contributed by atoms with Crippen molar-refractivity contribution in [2.45, 2.75) is 26.2 Å². The van der Waals surface area contributed by atoms with Crippen molar-refractivity contribution in [1.82, 2.24) is 43.8 Å². The predicted molar refractivity (Wildman–Crippen MR) is 146 cm³/mol. The zero-order chi connectivity index (χ0) is 26.9. The number of imidazole rings is 2. The first-order valence-corrected chi connectivity index (χ1v) is 12.6. The summed E-state index contributed by atoms with van der Waals surface area (Å²) >= 11 is 0. The summed E-state index contributed by atoms with van der Waals surface area (Å²) in [6, 6.07) is 23.1. The van der Waals surface area contributed by atoms with Crippen LogP contribution in [-0.2, 0) is 26.2 Å². The van der Waals surface area contributed by atoms with Gasteiger partial charge in [0.25, 0.3) is 5.91 Å². The summed E-state index contributed by atoms with van der Waals surface area (Å²) in [6.07, 6.45) is 1.58. The lowest BCUT2D eigenvalue weighted by molar-refractivity contribution is 0.0827. The van der Waals surface area contributed by atoms with E-state index in [0.717, 1.165) is 33.5 Å². The monoisotopic (exact) mass is 521 g/mol. The van der Waals surface area contributed by atoms with Crippen molar-refractivity contribution >= 4 is 28.0 Å². The normalized spacial score (nSPS) is 11.4. The Morgan fingerprint density at radius 2 is 1.46 bits per heavy atom. The summed E-state index contributed by atoms with van der Waals surface area (Å²) in [5.41, 5.74) is 4.96. The van der Waals surface area contributed by atoms with Gasteiger partial charge in [0.15, 0.2) is 0 Å². The van der Waals surface area contributed by atoms with Crippen molar-refractivity contribution in [3.63, 3.8) is 0 Å². The maximum Gasteiger partial charge on any atom is 0.329 e. The van der Waals surface area contributed by atoms with Crippen LogP contribution >= 0.6 is 0 Å². The van der Waals surface area contributed by atoms with Gasteiger partial charge in [-0.15, -0.1) is 5.10 Å². The van der Waals surface area contributed by atoms with E-state index in [1.54, 1.807) is 51.3 Å². The number of tetrazole rings is 1. The van der Waals surface area contributed by atoms with Crippen LogP contribution in [0.3, 0.4) is 0 Å². The van der Waals surface area contributed by atoms with Gasteiger partial charge >= 0.3 is 5.69 Å². The van der Waals surface area contributed by atoms with Crippen LogP contribution in [0.25, 0.3) is 22.1 Å². The van der Waals surface area contributed by atoms with Crippen LogP contribution in [0.5, 0.6) is 0 Å². The van der Waals surface area contributed by atoms with Crippen molar-refractivity contribution in [2.24, 2.45) is 0 Å². The first-order chi connectivity index (χ1) is 19.0. The fraction of sp³-hybridized carbons (Fsp3) is 0.214. The number of para-hydroxylation sites is 4. The molecule has 0 unspecified atom stereocenters. The van der Waals surface area contributed by atoms with Crippen LogP contribution in [0, 0.1) is 0 Å². The molecule has 0 bridgehead atoms. The van der Waals surface area contributed by atoms with Gasteiger partial charge in [-0.2, -0.15) is 0 Å². The molecule has 0 aliphatic carbocycles. The quantitative estimate of drug-likeness (QED) is 0.305. The first-order valence-electron chi connectivity index (χ1n) is 12.6. The largest absolute Gasteiger partial charge is 0.345 e. The van der Waals surface area contributed by atoms with Gasteiger partial charge in [0.1, 0.15) is 12.2 Å². The van der Waals surface area contributed by atoms with Gasteiger partial charge in [-0.05, 0) is 52.4 Å². The minimum absolute atomic E-state index is 0.0571. The van der Waals surface area contributed by atoms with E-state index in [0.29, 0.717) is 31.7 Å². The van der Waals surface area contributed by atoms with Crippen molar-refractivity contribution in [1.29, 1.82) is 0 Å². The number of carbonyl (C=O) groups excluding carboxylic acids is 1. The molecule has 3 heterocycles. The molecule has 11 heteroatoms. The summed E-state index contributed by atoms with van der Waals surface area (Å²) in [4.78, 5) is 32.5. The van der Waals surface area contributed by atoms with E-state index < -0.39 is 0 Å². The highest BCUT2D eigenvalue weighted by molar-refractivity contribution is 5.93. The molecule has 6 rings (SSSR count). The molecule has 0 atom stereocenters. The lowest BCUT2D eigenvalue weighted by Crippen LogP contribution is -2.26. The van der Waals surface area contributed by atoms with E-state index >= 15 is 0 Å². The van der Waals surface area contributed by atoms with Gasteiger partial charge in [-0.25, -0.2) is 14.5 Å². The lowest BCUT2D eigenvalue weighted by Gasteiger charge is -2.11. The van der Waals surface area contributed by atoms with Crippen molar-refractivity contribution in [3.05, 3.63) is 107 Å². The number of amides is 1. The maximum atomic E-state index is 13.8. The Kier molecular flexibility index (Phi) is 6.23. The highest BCUT2D eigenvalue weighted by atomic mass is 16.2. The molecule has 0 aliphatic rings. The molecule has 39 heavy (non-hydrogen) atoms. The van der Waals surface area contributed by atoms with Gasteiger partial charge in [-0.1, -0.05) is 36.4 Å². The zero-order valence-electron chi connectivity index (χ0n) is 21.7. The molecule has 0 spiro atoms. The average molecular weight is 522 g/mol. The summed E-state index contributed by atoms with van der Waals surface area (Å²) in [7, 11) is 3.45. The smallest absolute Gasteiger partial charge is 0.329 e. The predicted octanol–water partition coefficient (Wildman–Crippen LogP) is 2.64. The number of carbonyl (C=O) groups is 1. The second-order valence-corrected chi connectivity index (χ2v) is 9.58. The molecular formula is C28H27N9O2. The molecule has 0 N–H and O–H groups in total. The SMILES string of the molecule is CN(C)C(=O)c1ccc(Cn2c(=O)n(Cc3nc4ccccc4n3CCn3cnnn3)c3ccccc32)cc1. The molecule has 0 radical (unpaired) electrons. The number of aryl methyl sites for hydroxylation is 2. The third-order valence-corrected chi connectivity index (χ3v) is 6.85. The molecule has 11 nitrogen and oxygen atoms in total. The molecule has 3 aromatic heterocycles. The van der Waals surface area contributed by atoms with Crippen molar-refractivity contribution in [3.8, 4) is 0 Å². The van der Waals surface area contributed by atoms with E-state index in [4.69, 9.17) is 4.98 Å². The van der Waals surface area contributed by atoms with Crippen LogP contribution in [0.15, 0.2) is 83.9 Å². The van der Waals surface area contributed by atoms with Gasteiger partial charge in [0.05, 0.1) is 41.7 Å². The molecule has 196 valence electrons. The highest BCUT2D eigenvalue weighted by Gasteiger charge is 2.18. The molecule has 0 saturated carbocycles. The summed E-state index contributed by atoms with van der Waals surface area (Å²) in [5.74, 6) is 0.721. The second kappa shape index (κ2) is 10.0. The van der Waals surface area contributed by atoms with Gasteiger partial charge in [-0.3, -0.25) is 13.9 Å². The third kappa shape index (κ3) is 4.58. The standard InChI is InChI=1S/C28H27N9O2/c1-33(2)27(38)21-13-11-20(12-14-21)17-36-24-9-5-6-10-25(24)37(28(36)39)18-26-30-22-7-3-4-8-23(22)35(26)16-15-34-19-29-31-32-34/h3-14,19H,15-18H2,1-2H3. The third-order valence-electron chi connectivity index (χ3n) is 6.85. The maximum absolute atomic E-state index is 13.8. The number of benzene rings is 3. The minimum atomic E-state index is -0.122. The Balaban J connectivity index is 1.37. The van der Waals surface area contributed by atoms with Crippen LogP contribution in [0.2, 0.25) is 0 Å². The van der Waals surface area contributed by atoms with E-state index in [1.807, 2.05) is 60.7 Å². The zero-order valence-corrected chi connectivity index (χ0v) is 21.7. The van der Waals surface area contributed by atoms with Crippen molar-refractivity contribution in [2.75, 3.05) is 14.1 Å². The first kappa shape index (κ1) is 24.3. The fourth-order valence-electron chi connectivity index (χ4n) is 4.89. The molecule has 0 aliphatic heterocycles. The molecular weight excluding hydrogens is 494 g/mol. The van der Waals surface area contributed by atoms with Crippen LogP contribution in [0.1, 0.15) is 21.7 Å². The lowest BCUT2D eigenvalue weighted by atomic mass is 10.1. The Bertz CT molecular complexity index is 1830. The van der Waals surface area contributed by atoms with Crippen molar-refractivity contribution < 1.29 is 4.79 Å². The molecule has 3 aromatic carbocycles. The molecule has 6 aromatic rings. The average Bonchev–Trinajstić information content (AvgIpc) is 3.66. The topological polar surface area (TPSA) is 109 Å². The molecule has 0 saturated heterocycles. The highest BCUT2D eigenvalue weighted by Crippen LogP contribution is 2.20. The van der Waals surface area contributed by atoms with E-state index in [2.05, 4.69) is 20.1 Å². The Morgan fingerprint density at radius 3 is 2.13 bits per heavy atom. The van der Waals surface area contributed by atoms with E-state index in [-0.39, 0.29) is 11.6 Å². The summed E-state index contributed by atoms with van der Waals surface area (Å²) in [6.45, 7) is 1.88. The Labute approximate surface area is 223 Å².